The fourth-order valence-electron chi connectivity index (χ4n) is 5.00. The Kier molecular flexibility index (Phi) is 7.90. The molecule has 0 amide bonds. The van der Waals surface area contributed by atoms with Gasteiger partial charge in [0.25, 0.3) is 5.89 Å². The highest BCUT2D eigenvalue weighted by Gasteiger charge is 2.37. The number of carboxylic acids is 1. The van der Waals surface area contributed by atoms with Gasteiger partial charge in [-0.2, -0.15) is 18.2 Å². The van der Waals surface area contributed by atoms with Crippen LogP contribution in [0.25, 0.3) is 34.0 Å². The predicted molar refractivity (Wildman–Crippen MR) is 147 cm³/mol. The monoisotopic (exact) mass is 551 g/mol. The summed E-state index contributed by atoms with van der Waals surface area (Å²) in [6.45, 7) is 9.37. The molecule has 2 atom stereocenters. The van der Waals surface area contributed by atoms with Crippen molar-refractivity contribution in [3.8, 4) is 34.0 Å². The molecule has 0 bridgehead atoms. The minimum atomic E-state index is -4.58. The first-order valence-corrected chi connectivity index (χ1v) is 12.8. The minimum Gasteiger partial charge on any atom is -0.480 e. The van der Waals surface area contributed by atoms with Crippen LogP contribution in [0, 0.1) is 12.3 Å². The van der Waals surface area contributed by atoms with Crippen LogP contribution in [-0.4, -0.2) is 39.2 Å². The Bertz CT molecular complexity index is 1500. The van der Waals surface area contributed by atoms with E-state index in [1.165, 1.54) is 6.07 Å². The van der Waals surface area contributed by atoms with Crippen molar-refractivity contribution in [2.45, 2.75) is 52.9 Å². The maximum atomic E-state index is 14.0. The second-order valence-corrected chi connectivity index (χ2v) is 11.1. The van der Waals surface area contributed by atoms with Crippen molar-refractivity contribution >= 4 is 5.97 Å². The number of aryl methyl sites for hydroxylation is 1. The van der Waals surface area contributed by atoms with Crippen molar-refractivity contribution in [3.05, 3.63) is 83.4 Å². The van der Waals surface area contributed by atoms with Crippen LogP contribution in [0.5, 0.6) is 0 Å². The number of likely N-dealkylation sites (N-methyl/N-ethyl adjacent to an activating group) is 1. The Labute approximate surface area is 231 Å². The van der Waals surface area contributed by atoms with Gasteiger partial charge in [0, 0.05) is 17.2 Å². The van der Waals surface area contributed by atoms with Crippen LogP contribution in [0.4, 0.5) is 13.2 Å². The summed E-state index contributed by atoms with van der Waals surface area (Å²) in [6, 6.07) is 17.3. The third kappa shape index (κ3) is 5.94. The average Bonchev–Trinajstić information content (AvgIpc) is 3.37. The van der Waals surface area contributed by atoms with Crippen molar-refractivity contribution in [1.29, 1.82) is 0 Å². The molecule has 6 nitrogen and oxygen atoms in total. The van der Waals surface area contributed by atoms with E-state index in [0.717, 1.165) is 17.2 Å². The quantitative estimate of drug-likeness (QED) is 0.252. The average molecular weight is 552 g/mol. The van der Waals surface area contributed by atoms with Gasteiger partial charge in [0.2, 0.25) is 5.82 Å². The molecule has 0 aliphatic rings. The smallest absolute Gasteiger partial charge is 0.417 e. The number of hydrogen-bond donors (Lipinski definition) is 1. The Morgan fingerprint density at radius 2 is 1.57 bits per heavy atom. The molecule has 0 fully saturated rings. The molecule has 210 valence electrons. The van der Waals surface area contributed by atoms with E-state index in [0.29, 0.717) is 11.1 Å². The van der Waals surface area contributed by atoms with Gasteiger partial charge in [-0.25, -0.2) is 0 Å². The number of aromatic nitrogens is 2. The zero-order valence-electron chi connectivity index (χ0n) is 23.2. The van der Waals surface area contributed by atoms with Crippen LogP contribution >= 0.6 is 0 Å². The molecule has 0 spiro atoms. The van der Waals surface area contributed by atoms with Crippen molar-refractivity contribution in [1.82, 2.24) is 15.0 Å². The molecule has 3 aromatic carbocycles. The molecule has 4 aromatic rings. The van der Waals surface area contributed by atoms with E-state index >= 15 is 0 Å². The summed E-state index contributed by atoms with van der Waals surface area (Å²) in [5.74, 6) is -0.681. The number of carbonyl (C=O) groups is 1. The maximum Gasteiger partial charge on any atom is 0.417 e. The molecule has 1 heterocycles. The highest BCUT2D eigenvalue weighted by Crippen LogP contribution is 2.40. The zero-order valence-corrected chi connectivity index (χ0v) is 23.2. The highest BCUT2D eigenvalue weighted by atomic mass is 19.4. The third-order valence-electron chi connectivity index (χ3n) is 7.16. The molecular formula is C31H32F3N3O3. The SMILES string of the molecule is Cc1ccccc1-c1ccc(-c2nc(-c3ccc(C(C)N(C)C(C(=O)O)C(C)(C)C)cc3)no2)cc1C(F)(F)F. The van der Waals surface area contributed by atoms with Crippen LogP contribution in [-0.2, 0) is 11.0 Å². The van der Waals surface area contributed by atoms with E-state index in [4.69, 9.17) is 4.52 Å². The lowest BCUT2D eigenvalue weighted by Gasteiger charge is -2.38. The van der Waals surface area contributed by atoms with Crippen molar-refractivity contribution in [2.24, 2.45) is 5.41 Å². The Morgan fingerprint density at radius 3 is 2.15 bits per heavy atom. The van der Waals surface area contributed by atoms with Crippen molar-refractivity contribution in [2.75, 3.05) is 7.05 Å². The summed E-state index contributed by atoms with van der Waals surface area (Å²) in [5.41, 5.74) is 1.75. The lowest BCUT2D eigenvalue weighted by Crippen LogP contribution is -2.48. The molecular weight excluding hydrogens is 519 g/mol. The predicted octanol–water partition coefficient (Wildman–Crippen LogP) is 7.89. The summed E-state index contributed by atoms with van der Waals surface area (Å²) < 4.78 is 47.5. The molecule has 1 N–H and O–H groups in total. The minimum absolute atomic E-state index is 0.0245. The first-order chi connectivity index (χ1) is 18.7. The van der Waals surface area contributed by atoms with Gasteiger partial charge in [-0.15, -0.1) is 0 Å². The molecule has 9 heteroatoms. The standard InChI is InChI=1S/C31H32F3N3O3/c1-18-9-7-8-10-23(18)24-16-15-22(17-25(24)31(32,33)34)28-35-27(36-40-28)21-13-11-20(12-14-21)19(2)37(6)26(29(38)39)30(3,4)5/h7-17,19,26H,1-6H3,(H,38,39). The number of alkyl halides is 3. The van der Waals surface area contributed by atoms with E-state index < -0.39 is 29.2 Å². The van der Waals surface area contributed by atoms with Gasteiger partial charge in [0.05, 0.1) is 5.56 Å². The number of aliphatic carboxylic acids is 1. The van der Waals surface area contributed by atoms with E-state index in [1.54, 1.807) is 56.4 Å². The molecule has 2 unspecified atom stereocenters. The molecule has 0 saturated carbocycles. The van der Waals surface area contributed by atoms with Crippen molar-refractivity contribution < 1.29 is 27.6 Å². The Morgan fingerprint density at radius 1 is 0.950 bits per heavy atom. The van der Waals surface area contributed by atoms with Gasteiger partial charge in [-0.05, 0) is 60.7 Å². The molecule has 1 aromatic heterocycles. The van der Waals surface area contributed by atoms with Crippen LogP contribution in [0.15, 0.2) is 71.3 Å². The van der Waals surface area contributed by atoms with Gasteiger partial charge in [0.1, 0.15) is 6.04 Å². The number of carboxylic acid groups (broad SMARTS) is 1. The van der Waals surface area contributed by atoms with E-state index in [-0.39, 0.29) is 28.9 Å². The fourth-order valence-corrected chi connectivity index (χ4v) is 5.00. The number of nitrogens with zero attached hydrogens (tertiary/aromatic N) is 3. The van der Waals surface area contributed by atoms with E-state index in [2.05, 4.69) is 10.1 Å². The number of halogens is 3. The van der Waals surface area contributed by atoms with Crippen LogP contribution in [0.3, 0.4) is 0 Å². The van der Waals surface area contributed by atoms with Gasteiger partial charge in [0.15, 0.2) is 0 Å². The second-order valence-electron chi connectivity index (χ2n) is 11.1. The largest absolute Gasteiger partial charge is 0.480 e. The van der Waals surface area contributed by atoms with Gasteiger partial charge < -0.3 is 9.63 Å². The Balaban J connectivity index is 1.61. The number of benzene rings is 3. The lowest BCUT2D eigenvalue weighted by atomic mass is 9.84. The van der Waals surface area contributed by atoms with Crippen LogP contribution in [0.1, 0.15) is 50.4 Å². The lowest BCUT2D eigenvalue weighted by molar-refractivity contribution is -0.148. The molecule has 0 aliphatic heterocycles. The van der Waals surface area contributed by atoms with E-state index in [9.17, 15) is 23.1 Å². The normalized spacial score (nSPS) is 13.8. The topological polar surface area (TPSA) is 79.5 Å². The molecule has 0 aliphatic carbocycles. The summed E-state index contributed by atoms with van der Waals surface area (Å²) in [5, 5.41) is 13.8. The highest BCUT2D eigenvalue weighted by molar-refractivity contribution is 5.75. The van der Waals surface area contributed by atoms with Crippen LogP contribution < -0.4 is 0 Å². The summed E-state index contributed by atoms with van der Waals surface area (Å²) in [4.78, 5) is 18.1. The molecule has 4 rings (SSSR count). The molecule has 0 saturated heterocycles. The first-order valence-electron chi connectivity index (χ1n) is 12.8. The fraction of sp³-hybridized carbons (Fsp3) is 0.323. The van der Waals surface area contributed by atoms with Gasteiger partial charge in [-0.3, -0.25) is 9.69 Å². The van der Waals surface area contributed by atoms with Crippen molar-refractivity contribution in [3.63, 3.8) is 0 Å². The summed E-state index contributed by atoms with van der Waals surface area (Å²) in [7, 11) is 1.79. The molecule has 0 radical (unpaired) electrons. The zero-order chi connectivity index (χ0) is 29.4. The first kappa shape index (κ1) is 29.0. The van der Waals surface area contributed by atoms with Gasteiger partial charge >= 0.3 is 12.1 Å². The molecule has 40 heavy (non-hydrogen) atoms. The number of hydrogen-bond acceptors (Lipinski definition) is 5. The third-order valence-corrected chi connectivity index (χ3v) is 7.16. The Hall–Kier alpha value is -3.98. The van der Waals surface area contributed by atoms with Gasteiger partial charge in [-0.1, -0.05) is 80.5 Å². The number of rotatable bonds is 7. The van der Waals surface area contributed by atoms with E-state index in [1.807, 2.05) is 44.7 Å². The maximum absolute atomic E-state index is 14.0. The summed E-state index contributed by atoms with van der Waals surface area (Å²) >= 11 is 0. The van der Waals surface area contributed by atoms with Crippen LogP contribution in [0.2, 0.25) is 0 Å². The summed E-state index contributed by atoms with van der Waals surface area (Å²) in [6.07, 6.45) is -4.58. The second kappa shape index (κ2) is 10.9.